The lowest BCUT2D eigenvalue weighted by atomic mass is 10.1. The maximum absolute atomic E-state index is 10.9. The van der Waals surface area contributed by atoms with Gasteiger partial charge in [-0.2, -0.15) is 0 Å². The van der Waals surface area contributed by atoms with E-state index < -0.39 is 5.97 Å². The third-order valence-electron chi connectivity index (χ3n) is 2.23. The van der Waals surface area contributed by atoms with Gasteiger partial charge in [0.25, 0.3) is 0 Å². The topological polar surface area (TPSA) is 54.4 Å². The average Bonchev–Trinajstić information content (AvgIpc) is 2.21. The molecule has 0 atom stereocenters. The van der Waals surface area contributed by atoms with Gasteiger partial charge in [-0.25, -0.2) is 4.79 Å². The van der Waals surface area contributed by atoms with Crippen LogP contribution in [0.1, 0.15) is 51.9 Å². The van der Waals surface area contributed by atoms with Crippen molar-refractivity contribution in [2.24, 2.45) is 0 Å². The van der Waals surface area contributed by atoms with Crippen molar-refractivity contribution in [3.63, 3.8) is 0 Å². The van der Waals surface area contributed by atoms with Gasteiger partial charge in [0.2, 0.25) is 0 Å². The molecule has 0 aliphatic rings. The Hall–Kier alpha value is -1.12. The fourth-order valence-corrected chi connectivity index (χ4v) is 1.30. The second-order valence-electron chi connectivity index (χ2n) is 3.59. The van der Waals surface area contributed by atoms with Crippen LogP contribution in [0, 0.1) is 0 Å². The third-order valence-corrected chi connectivity index (χ3v) is 2.23. The number of Topliss-reactive ketones (excluding diaryl/α,β-unsaturated/α-hetero) is 1. The second kappa shape index (κ2) is 9.44. The van der Waals surface area contributed by atoms with Gasteiger partial charge in [-0.1, -0.05) is 25.8 Å². The average molecular weight is 212 g/mol. The number of ketones is 1. The van der Waals surface area contributed by atoms with Crippen LogP contribution in [0.4, 0.5) is 0 Å². The Balaban J connectivity index is 3.18. The highest BCUT2D eigenvalue weighted by atomic mass is 16.4. The number of unbranched alkanes of at least 4 members (excludes halogenated alkanes) is 4. The minimum atomic E-state index is -0.886. The second-order valence-corrected chi connectivity index (χ2v) is 3.59. The molecular weight excluding hydrogens is 192 g/mol. The standard InChI is InChI=1S/C12H20O3/c1-2-11(13)9-7-5-3-4-6-8-10-12(14)15/h8,10H,2-7,9H2,1H3,(H,14,15)/b10-8+. The number of allylic oxidation sites excluding steroid dienone is 1. The number of carboxylic acids is 1. The van der Waals surface area contributed by atoms with E-state index in [0.717, 1.165) is 32.1 Å². The van der Waals surface area contributed by atoms with Gasteiger partial charge >= 0.3 is 5.97 Å². The number of carbonyl (C=O) groups excluding carboxylic acids is 1. The smallest absolute Gasteiger partial charge is 0.327 e. The van der Waals surface area contributed by atoms with Crippen LogP contribution in [0.3, 0.4) is 0 Å². The zero-order valence-corrected chi connectivity index (χ0v) is 9.37. The van der Waals surface area contributed by atoms with Crippen molar-refractivity contribution >= 4 is 11.8 Å². The minimum absolute atomic E-state index is 0.334. The van der Waals surface area contributed by atoms with Gasteiger partial charge < -0.3 is 5.11 Å². The summed E-state index contributed by atoms with van der Waals surface area (Å²) in [5.74, 6) is -0.552. The van der Waals surface area contributed by atoms with Crippen LogP contribution in [0.5, 0.6) is 0 Å². The maximum atomic E-state index is 10.9. The number of hydrogen-bond acceptors (Lipinski definition) is 2. The molecule has 0 aromatic rings. The molecule has 0 spiro atoms. The quantitative estimate of drug-likeness (QED) is 0.472. The molecular formula is C12H20O3. The van der Waals surface area contributed by atoms with E-state index in [1.165, 1.54) is 6.08 Å². The number of rotatable bonds is 9. The molecule has 0 bridgehead atoms. The summed E-state index contributed by atoms with van der Waals surface area (Å²) in [7, 11) is 0. The van der Waals surface area contributed by atoms with Crippen molar-refractivity contribution in [1.29, 1.82) is 0 Å². The first-order valence-corrected chi connectivity index (χ1v) is 5.58. The highest BCUT2D eigenvalue weighted by Gasteiger charge is 1.97. The zero-order chi connectivity index (χ0) is 11.5. The fourth-order valence-electron chi connectivity index (χ4n) is 1.30. The normalized spacial score (nSPS) is 10.7. The van der Waals surface area contributed by atoms with E-state index in [0.29, 0.717) is 18.6 Å². The molecule has 0 unspecified atom stereocenters. The first-order chi connectivity index (χ1) is 7.16. The van der Waals surface area contributed by atoms with Gasteiger partial charge in [-0.15, -0.1) is 0 Å². The molecule has 3 heteroatoms. The first-order valence-electron chi connectivity index (χ1n) is 5.58. The molecule has 0 rings (SSSR count). The summed E-state index contributed by atoms with van der Waals surface area (Å²) >= 11 is 0. The molecule has 0 fully saturated rings. The van der Waals surface area contributed by atoms with E-state index in [1.54, 1.807) is 6.08 Å². The van der Waals surface area contributed by atoms with Crippen molar-refractivity contribution in [3.05, 3.63) is 12.2 Å². The van der Waals surface area contributed by atoms with Crippen molar-refractivity contribution in [2.45, 2.75) is 51.9 Å². The number of carboxylic acid groups (broad SMARTS) is 1. The van der Waals surface area contributed by atoms with Gasteiger partial charge in [-0.05, 0) is 19.3 Å². The van der Waals surface area contributed by atoms with Gasteiger partial charge in [0.15, 0.2) is 0 Å². The van der Waals surface area contributed by atoms with E-state index in [1.807, 2.05) is 6.92 Å². The zero-order valence-electron chi connectivity index (χ0n) is 9.37. The molecule has 0 aromatic carbocycles. The van der Waals surface area contributed by atoms with Crippen LogP contribution in [0.25, 0.3) is 0 Å². The van der Waals surface area contributed by atoms with Crippen LogP contribution >= 0.6 is 0 Å². The number of aliphatic carboxylic acids is 1. The number of carbonyl (C=O) groups is 2. The summed E-state index contributed by atoms with van der Waals surface area (Å²) in [6.45, 7) is 1.89. The molecule has 0 saturated heterocycles. The Bertz CT molecular complexity index is 219. The molecule has 0 saturated carbocycles. The largest absolute Gasteiger partial charge is 0.478 e. The maximum Gasteiger partial charge on any atom is 0.327 e. The molecule has 0 radical (unpaired) electrons. The Morgan fingerprint density at radius 3 is 2.40 bits per heavy atom. The Labute approximate surface area is 91.2 Å². The molecule has 86 valence electrons. The van der Waals surface area contributed by atoms with Crippen LogP contribution in [0.15, 0.2) is 12.2 Å². The molecule has 0 aromatic heterocycles. The summed E-state index contributed by atoms with van der Waals surface area (Å²) in [4.78, 5) is 21.1. The lowest BCUT2D eigenvalue weighted by Crippen LogP contribution is -1.94. The first kappa shape index (κ1) is 13.9. The number of hydrogen-bond donors (Lipinski definition) is 1. The minimum Gasteiger partial charge on any atom is -0.478 e. The van der Waals surface area contributed by atoms with E-state index in [2.05, 4.69) is 0 Å². The van der Waals surface area contributed by atoms with Crippen LogP contribution in [0.2, 0.25) is 0 Å². The highest BCUT2D eigenvalue weighted by Crippen LogP contribution is 2.06. The Kier molecular flexibility index (Phi) is 8.73. The predicted octanol–water partition coefficient (Wildman–Crippen LogP) is 2.95. The third kappa shape index (κ3) is 10.8. The molecule has 0 amide bonds. The van der Waals surface area contributed by atoms with E-state index >= 15 is 0 Å². The summed E-state index contributed by atoms with van der Waals surface area (Å²) in [6.07, 6.45) is 9.12. The molecule has 0 aliphatic carbocycles. The molecule has 0 aliphatic heterocycles. The monoisotopic (exact) mass is 212 g/mol. The van der Waals surface area contributed by atoms with E-state index in [4.69, 9.17) is 5.11 Å². The molecule has 1 N–H and O–H groups in total. The van der Waals surface area contributed by atoms with Crippen LogP contribution in [-0.4, -0.2) is 16.9 Å². The van der Waals surface area contributed by atoms with Crippen molar-refractivity contribution in [3.8, 4) is 0 Å². The summed E-state index contributed by atoms with van der Waals surface area (Å²) in [5.41, 5.74) is 0. The molecule has 3 nitrogen and oxygen atoms in total. The van der Waals surface area contributed by atoms with Crippen LogP contribution < -0.4 is 0 Å². The van der Waals surface area contributed by atoms with Gasteiger partial charge in [-0.3, -0.25) is 4.79 Å². The lowest BCUT2D eigenvalue weighted by molar-refractivity contribution is -0.131. The predicted molar refractivity (Wildman–Crippen MR) is 59.8 cm³/mol. The summed E-state index contributed by atoms with van der Waals surface area (Å²) in [6, 6.07) is 0. The Morgan fingerprint density at radius 1 is 1.13 bits per heavy atom. The fraction of sp³-hybridized carbons (Fsp3) is 0.667. The Morgan fingerprint density at radius 2 is 1.80 bits per heavy atom. The van der Waals surface area contributed by atoms with Crippen LogP contribution in [-0.2, 0) is 9.59 Å². The van der Waals surface area contributed by atoms with Gasteiger partial charge in [0.05, 0.1) is 0 Å². The van der Waals surface area contributed by atoms with Crippen molar-refractivity contribution in [2.75, 3.05) is 0 Å². The van der Waals surface area contributed by atoms with Gasteiger partial charge in [0, 0.05) is 18.9 Å². The van der Waals surface area contributed by atoms with E-state index in [9.17, 15) is 9.59 Å². The summed E-state index contributed by atoms with van der Waals surface area (Å²) in [5, 5.41) is 8.32. The van der Waals surface area contributed by atoms with E-state index in [-0.39, 0.29) is 0 Å². The summed E-state index contributed by atoms with van der Waals surface area (Å²) < 4.78 is 0. The highest BCUT2D eigenvalue weighted by molar-refractivity contribution is 5.79. The van der Waals surface area contributed by atoms with Gasteiger partial charge in [0.1, 0.15) is 5.78 Å². The molecule has 15 heavy (non-hydrogen) atoms. The lowest BCUT2D eigenvalue weighted by Gasteiger charge is -1.98. The molecule has 0 heterocycles. The SMILES string of the molecule is CCC(=O)CCCCCC/C=C/C(=O)O. The van der Waals surface area contributed by atoms with Crippen molar-refractivity contribution in [1.82, 2.24) is 0 Å². The van der Waals surface area contributed by atoms with Crippen molar-refractivity contribution < 1.29 is 14.7 Å².